The second-order valence-electron chi connectivity index (χ2n) is 3.12. The van der Waals surface area contributed by atoms with Crippen molar-refractivity contribution < 1.29 is 21.1 Å². The van der Waals surface area contributed by atoms with Gasteiger partial charge in [-0.2, -0.15) is 0 Å². The number of hydrogen-bond donors (Lipinski definition) is 0. The van der Waals surface area contributed by atoms with E-state index in [1.807, 2.05) is 55.4 Å². The average Bonchev–Trinajstić information content (AvgIpc) is 2.74. The molecule has 33 heavy (non-hydrogen) atoms. The summed E-state index contributed by atoms with van der Waals surface area (Å²) in [6, 6.07) is 0. The van der Waals surface area contributed by atoms with Crippen LogP contribution in [0.25, 0.3) is 0 Å². The predicted octanol–water partition coefficient (Wildman–Crippen LogP) is 13.3. The maximum absolute atomic E-state index is 4.60. The standard InChI is InChI=1S/4C3H8.C3H4.4C2H6.2C2H2.CH4.4CH3.Pt/c5*1-3-2;6*1-2;;;;;;/h4*3H2,1-2H3;1H,2H3;4*1-2H3;2*1-2H;1H4;4*1H3;/q;;;;;;;;;;;;4*-1;+4. The Bertz CT molecular complexity index is 101. The van der Waals surface area contributed by atoms with Gasteiger partial charge >= 0.3 is 21.1 Å². The molecule has 0 saturated carbocycles. The third kappa shape index (κ3) is 67800. The summed E-state index contributed by atoms with van der Waals surface area (Å²) in [6.07, 6.45) is 25.6. The molecule has 0 fully saturated rings. The zero-order chi connectivity index (χ0) is 25.5. The summed E-state index contributed by atoms with van der Waals surface area (Å²) in [5.74, 6) is 2.25. The molecule has 0 spiro atoms. The first-order valence-corrected chi connectivity index (χ1v) is 11.1. The Hall–Kier alpha value is -0.632. The van der Waals surface area contributed by atoms with E-state index in [1.165, 1.54) is 25.7 Å². The van der Waals surface area contributed by atoms with Crippen LogP contribution in [0.1, 0.15) is 151 Å². The second kappa shape index (κ2) is 1520. The van der Waals surface area contributed by atoms with E-state index in [4.69, 9.17) is 0 Å². The van der Waals surface area contributed by atoms with Crippen molar-refractivity contribution in [3.63, 3.8) is 0 Å². The van der Waals surface area contributed by atoms with Crippen LogP contribution in [0.5, 0.6) is 0 Å². The summed E-state index contributed by atoms with van der Waals surface area (Å²) in [4.78, 5) is 0. The summed E-state index contributed by atoms with van der Waals surface area (Å²) in [5, 5.41) is 0. The minimum atomic E-state index is 0. The summed E-state index contributed by atoms with van der Waals surface area (Å²) in [7, 11) is 0. The maximum atomic E-state index is 4.60. The quantitative estimate of drug-likeness (QED) is 0.179. The smallest absolute Gasteiger partial charge is 0.358 e. The van der Waals surface area contributed by atoms with Gasteiger partial charge in [-0.1, -0.05) is 144 Å². The molecular formula is C32H80Pt. The van der Waals surface area contributed by atoms with Crippen LogP contribution in [0.3, 0.4) is 0 Å². The molecule has 0 aromatic carbocycles. The molecular weight excluding hydrogens is 579 g/mol. The van der Waals surface area contributed by atoms with Crippen molar-refractivity contribution in [2.45, 2.75) is 151 Å². The minimum absolute atomic E-state index is 0. The van der Waals surface area contributed by atoms with Crippen molar-refractivity contribution in [2.24, 2.45) is 0 Å². The van der Waals surface area contributed by atoms with Crippen molar-refractivity contribution >= 4 is 0 Å². The normalized spacial score (nSPS) is 3.27. The van der Waals surface area contributed by atoms with Gasteiger partial charge in [0.25, 0.3) is 0 Å². The molecule has 0 unspecified atom stereocenters. The van der Waals surface area contributed by atoms with Crippen LogP contribution in [0.2, 0.25) is 0 Å². The Morgan fingerprint density at radius 3 is 0.424 bits per heavy atom. The Balaban J connectivity index is -0.00000000562. The summed E-state index contributed by atoms with van der Waals surface area (Å²) in [5.41, 5.74) is 0. The van der Waals surface area contributed by atoms with Gasteiger partial charge in [0.1, 0.15) is 0 Å². The minimum Gasteiger partial charge on any atom is -0.358 e. The van der Waals surface area contributed by atoms with Crippen LogP contribution in [0.4, 0.5) is 0 Å². The molecule has 0 radical (unpaired) electrons. The third-order valence-electron chi connectivity index (χ3n) is 0. The van der Waals surface area contributed by atoms with E-state index in [9.17, 15) is 0 Å². The van der Waals surface area contributed by atoms with Crippen LogP contribution in [-0.2, 0) is 21.1 Å². The molecule has 0 rings (SSSR count). The van der Waals surface area contributed by atoms with E-state index in [0.717, 1.165) is 0 Å². The second-order valence-corrected chi connectivity index (χ2v) is 3.12. The monoisotopic (exact) mass is 660 g/mol. The van der Waals surface area contributed by atoms with Gasteiger partial charge < -0.3 is 29.7 Å². The van der Waals surface area contributed by atoms with Crippen LogP contribution < -0.4 is 0 Å². The van der Waals surface area contributed by atoms with Crippen LogP contribution in [0.15, 0.2) is 0 Å². The largest absolute Gasteiger partial charge is 4.00 e. The zero-order valence-electron chi connectivity index (χ0n) is 27.5. The fraction of sp³-hybridized carbons (Fsp3) is 0.688. The number of rotatable bonds is 0. The predicted molar refractivity (Wildman–Crippen MR) is 176 cm³/mol. The maximum Gasteiger partial charge on any atom is 4.00 e. The third-order valence-corrected chi connectivity index (χ3v) is 0. The average molecular weight is 660 g/mol. The van der Waals surface area contributed by atoms with Crippen LogP contribution >= 0.6 is 0 Å². The summed E-state index contributed by atoms with van der Waals surface area (Å²) < 4.78 is 0. The van der Waals surface area contributed by atoms with E-state index >= 15 is 0 Å². The van der Waals surface area contributed by atoms with Gasteiger partial charge in [0.2, 0.25) is 0 Å². The van der Waals surface area contributed by atoms with Gasteiger partial charge in [-0.3, -0.25) is 0 Å². The van der Waals surface area contributed by atoms with Crippen molar-refractivity contribution in [3.05, 3.63) is 29.7 Å². The fourth-order valence-electron chi connectivity index (χ4n) is 0. The Labute approximate surface area is 239 Å². The van der Waals surface area contributed by atoms with Crippen LogP contribution in [0, 0.1) is 67.7 Å². The van der Waals surface area contributed by atoms with E-state index < -0.39 is 0 Å². The van der Waals surface area contributed by atoms with Gasteiger partial charge in [0, 0.05) is 0 Å². The first-order chi connectivity index (χ1) is 13.1. The molecule has 0 atom stereocenters. The fourth-order valence-corrected chi connectivity index (χ4v) is 0. The molecule has 0 bridgehead atoms. The molecule has 0 aromatic heterocycles. The molecule has 0 nitrogen and oxygen atoms in total. The number of hydrogen-bond acceptors (Lipinski definition) is 0. The summed E-state index contributed by atoms with van der Waals surface area (Å²) in [6.45, 7) is 34.7. The van der Waals surface area contributed by atoms with Gasteiger partial charge in [-0.05, 0) is 6.92 Å². The van der Waals surface area contributed by atoms with Crippen LogP contribution in [-0.4, -0.2) is 0 Å². The van der Waals surface area contributed by atoms with Crippen molar-refractivity contribution in [1.82, 2.24) is 0 Å². The van der Waals surface area contributed by atoms with Crippen molar-refractivity contribution in [1.29, 1.82) is 0 Å². The molecule has 0 saturated heterocycles. The zero-order valence-corrected chi connectivity index (χ0v) is 29.8. The molecule has 218 valence electrons. The van der Waals surface area contributed by atoms with Crippen molar-refractivity contribution in [3.8, 4) is 38.0 Å². The SMILES string of the molecule is C.C#C.C#C.C#CC.CC.CC.CC.CC.CCC.CCC.CCC.CCC.[CH3-].[CH3-].[CH3-].[CH3-].[Pt+4]. The van der Waals surface area contributed by atoms with E-state index in [1.54, 1.807) is 6.92 Å². The molecule has 0 heterocycles. The van der Waals surface area contributed by atoms with E-state index in [2.05, 4.69) is 93.4 Å². The topological polar surface area (TPSA) is 0 Å². The first kappa shape index (κ1) is 135. The molecule has 0 aliphatic carbocycles. The Morgan fingerprint density at radius 2 is 0.424 bits per heavy atom. The Kier molecular flexibility index (Phi) is 6190. The van der Waals surface area contributed by atoms with Crippen molar-refractivity contribution in [2.75, 3.05) is 0 Å². The molecule has 0 amide bonds. The van der Waals surface area contributed by atoms with E-state index in [-0.39, 0.29) is 58.2 Å². The van der Waals surface area contributed by atoms with Gasteiger partial charge in [-0.15, -0.1) is 38.0 Å². The molecule has 0 aliphatic rings. The van der Waals surface area contributed by atoms with Gasteiger partial charge in [0.05, 0.1) is 0 Å². The van der Waals surface area contributed by atoms with Gasteiger partial charge in [-0.25, -0.2) is 0 Å². The Morgan fingerprint density at radius 1 is 0.424 bits per heavy atom. The first-order valence-electron chi connectivity index (χ1n) is 11.1. The van der Waals surface area contributed by atoms with E-state index in [0.29, 0.717) is 0 Å². The molecule has 0 aliphatic heterocycles. The molecule has 0 aromatic rings. The number of terminal acetylenes is 3. The molecule has 0 N–H and O–H groups in total. The molecule has 1 heteroatoms. The van der Waals surface area contributed by atoms with Gasteiger partial charge in [0.15, 0.2) is 0 Å². The summed E-state index contributed by atoms with van der Waals surface area (Å²) >= 11 is 0.